The number of nitrogens with zero attached hydrogens (tertiary/aromatic N) is 1. The predicted molar refractivity (Wildman–Crippen MR) is 82.8 cm³/mol. The Morgan fingerprint density at radius 1 is 0.905 bits per heavy atom. The molecule has 0 aromatic heterocycles. The van der Waals surface area contributed by atoms with Gasteiger partial charge in [-0.05, 0) is 52.6 Å². The van der Waals surface area contributed by atoms with Crippen molar-refractivity contribution < 1.29 is 9.59 Å². The molecule has 0 aromatic carbocycles. The Hall–Kier alpha value is -1.10. The van der Waals surface area contributed by atoms with E-state index in [0.29, 0.717) is 13.1 Å². The smallest absolute Gasteiger partial charge is 0.224 e. The quantitative estimate of drug-likeness (QED) is 0.799. The van der Waals surface area contributed by atoms with Gasteiger partial charge in [-0.1, -0.05) is 6.42 Å². The lowest BCUT2D eigenvalue weighted by Crippen LogP contribution is -2.55. The van der Waals surface area contributed by atoms with Gasteiger partial charge < -0.3 is 10.6 Å². The van der Waals surface area contributed by atoms with Crippen LogP contribution >= 0.6 is 0 Å². The van der Waals surface area contributed by atoms with Crippen LogP contribution in [0.1, 0.15) is 46.0 Å². The topological polar surface area (TPSA) is 61.4 Å². The van der Waals surface area contributed by atoms with E-state index in [1.807, 2.05) is 13.8 Å². The third-order valence-electron chi connectivity index (χ3n) is 4.79. The van der Waals surface area contributed by atoms with E-state index in [4.69, 9.17) is 0 Å². The van der Waals surface area contributed by atoms with Crippen molar-refractivity contribution in [1.29, 1.82) is 0 Å². The van der Waals surface area contributed by atoms with Crippen LogP contribution in [0.5, 0.6) is 0 Å². The van der Waals surface area contributed by atoms with Gasteiger partial charge in [-0.3, -0.25) is 14.5 Å². The van der Waals surface area contributed by atoms with Crippen LogP contribution in [0.3, 0.4) is 0 Å². The molecule has 2 fully saturated rings. The number of nitrogens with one attached hydrogen (secondary N) is 2. The Morgan fingerprint density at radius 3 is 1.81 bits per heavy atom. The van der Waals surface area contributed by atoms with Crippen LogP contribution in [-0.4, -0.2) is 48.9 Å². The van der Waals surface area contributed by atoms with Gasteiger partial charge in [0.1, 0.15) is 0 Å². The first kappa shape index (κ1) is 16.3. The lowest BCUT2D eigenvalue weighted by Gasteiger charge is -2.42. The molecule has 0 spiro atoms. The Bertz CT molecular complexity index is 341. The molecule has 2 amide bonds. The van der Waals surface area contributed by atoms with E-state index < -0.39 is 0 Å². The van der Waals surface area contributed by atoms with Crippen LogP contribution < -0.4 is 10.6 Å². The van der Waals surface area contributed by atoms with Crippen molar-refractivity contribution in [2.45, 2.75) is 52.0 Å². The fourth-order valence-corrected chi connectivity index (χ4v) is 3.91. The van der Waals surface area contributed by atoms with Crippen LogP contribution in [-0.2, 0) is 9.59 Å². The number of carbonyl (C=O) groups excluding carboxylic acids is 2. The summed E-state index contributed by atoms with van der Waals surface area (Å²) in [6.45, 7) is 7.27. The second-order valence-corrected chi connectivity index (χ2v) is 6.17. The number of carbonyl (C=O) groups is 2. The summed E-state index contributed by atoms with van der Waals surface area (Å²) in [6, 6.07) is 0.0827. The molecule has 1 aliphatic heterocycles. The highest BCUT2D eigenvalue weighted by Crippen LogP contribution is 2.35. The number of likely N-dealkylation sites (tertiary alicyclic amines) is 1. The van der Waals surface area contributed by atoms with Crippen molar-refractivity contribution in [2.24, 2.45) is 11.8 Å². The van der Waals surface area contributed by atoms with Gasteiger partial charge in [0, 0.05) is 19.1 Å². The normalized spacial score (nSPS) is 27.5. The molecular weight excluding hydrogens is 266 g/mol. The molecule has 1 saturated carbocycles. The summed E-state index contributed by atoms with van der Waals surface area (Å²) in [5.41, 5.74) is 0. The van der Waals surface area contributed by atoms with Crippen LogP contribution in [0, 0.1) is 11.8 Å². The van der Waals surface area contributed by atoms with Gasteiger partial charge >= 0.3 is 0 Å². The summed E-state index contributed by atoms with van der Waals surface area (Å²) in [4.78, 5) is 27.2. The van der Waals surface area contributed by atoms with Crippen LogP contribution in [0.4, 0.5) is 0 Å². The van der Waals surface area contributed by atoms with Crippen LogP contribution in [0.25, 0.3) is 0 Å². The fourth-order valence-electron chi connectivity index (χ4n) is 3.91. The van der Waals surface area contributed by atoms with E-state index >= 15 is 0 Å². The average Bonchev–Trinajstić information content (AvgIpc) is 3.01. The van der Waals surface area contributed by atoms with E-state index in [0.717, 1.165) is 32.4 Å². The summed E-state index contributed by atoms with van der Waals surface area (Å²) in [7, 11) is 0. The minimum Gasteiger partial charge on any atom is -0.356 e. The molecule has 2 rings (SSSR count). The molecule has 0 unspecified atom stereocenters. The maximum atomic E-state index is 12.4. The average molecular weight is 295 g/mol. The molecular formula is C16H29N3O2. The molecule has 2 N–H and O–H groups in total. The van der Waals surface area contributed by atoms with E-state index in [-0.39, 0.29) is 29.7 Å². The number of hydrogen-bond acceptors (Lipinski definition) is 3. The van der Waals surface area contributed by atoms with Crippen LogP contribution in [0.15, 0.2) is 0 Å². The maximum Gasteiger partial charge on any atom is 0.224 e. The molecule has 5 nitrogen and oxygen atoms in total. The number of rotatable bonds is 5. The molecule has 0 bridgehead atoms. The molecule has 5 heteroatoms. The van der Waals surface area contributed by atoms with Crippen molar-refractivity contribution in [3.8, 4) is 0 Å². The zero-order chi connectivity index (χ0) is 15.2. The van der Waals surface area contributed by atoms with E-state index in [2.05, 4.69) is 15.5 Å². The van der Waals surface area contributed by atoms with Crippen molar-refractivity contribution in [3.05, 3.63) is 0 Å². The Kier molecular flexibility index (Phi) is 6.03. The largest absolute Gasteiger partial charge is 0.356 e. The van der Waals surface area contributed by atoms with Gasteiger partial charge in [0.05, 0.1) is 11.8 Å². The first-order chi connectivity index (χ1) is 10.2. The highest BCUT2D eigenvalue weighted by molar-refractivity contribution is 5.83. The van der Waals surface area contributed by atoms with Gasteiger partial charge in [0.2, 0.25) is 11.8 Å². The molecule has 120 valence electrons. The second-order valence-electron chi connectivity index (χ2n) is 6.17. The van der Waals surface area contributed by atoms with Gasteiger partial charge in [0.15, 0.2) is 0 Å². The standard InChI is InChI=1S/C16H29N3O2/c1-3-17-15(20)12-8-7-9-13(16(21)18-4-2)14(12)19-10-5-6-11-19/h12-14H,3-11H2,1-2H3,(H,17,20)(H,18,21)/t12-,13-/m0/s1. The van der Waals surface area contributed by atoms with Gasteiger partial charge in [-0.2, -0.15) is 0 Å². The minimum atomic E-state index is -0.0376. The van der Waals surface area contributed by atoms with Gasteiger partial charge in [0.25, 0.3) is 0 Å². The van der Waals surface area contributed by atoms with Crippen molar-refractivity contribution in [2.75, 3.05) is 26.2 Å². The lowest BCUT2D eigenvalue weighted by atomic mass is 9.75. The third-order valence-corrected chi connectivity index (χ3v) is 4.79. The SMILES string of the molecule is CCNC(=O)[C@H]1CCC[C@H](C(=O)NCC)C1N1CCCC1. The van der Waals surface area contributed by atoms with Crippen LogP contribution in [0.2, 0.25) is 0 Å². The first-order valence-electron chi connectivity index (χ1n) is 8.48. The molecule has 21 heavy (non-hydrogen) atoms. The minimum absolute atomic E-state index is 0.0376. The zero-order valence-corrected chi connectivity index (χ0v) is 13.4. The zero-order valence-electron chi connectivity index (χ0n) is 13.4. The number of amides is 2. The van der Waals surface area contributed by atoms with E-state index in [1.165, 1.54) is 12.8 Å². The summed E-state index contributed by atoms with van der Waals surface area (Å²) < 4.78 is 0. The lowest BCUT2D eigenvalue weighted by molar-refractivity contribution is -0.135. The highest BCUT2D eigenvalue weighted by atomic mass is 16.2. The van der Waals surface area contributed by atoms with E-state index in [9.17, 15) is 9.59 Å². The van der Waals surface area contributed by atoms with Crippen molar-refractivity contribution in [1.82, 2.24) is 15.5 Å². The first-order valence-corrected chi connectivity index (χ1v) is 8.48. The van der Waals surface area contributed by atoms with Crippen molar-refractivity contribution in [3.63, 3.8) is 0 Å². The maximum absolute atomic E-state index is 12.4. The summed E-state index contributed by atoms with van der Waals surface area (Å²) in [6.07, 6.45) is 5.14. The summed E-state index contributed by atoms with van der Waals surface area (Å²) >= 11 is 0. The predicted octanol–water partition coefficient (Wildman–Crippen LogP) is 1.14. The Labute approximate surface area is 127 Å². The highest BCUT2D eigenvalue weighted by Gasteiger charge is 2.44. The molecule has 0 aromatic rings. The van der Waals surface area contributed by atoms with Gasteiger partial charge in [-0.15, -0.1) is 0 Å². The molecule has 1 aliphatic carbocycles. The van der Waals surface area contributed by atoms with E-state index in [1.54, 1.807) is 0 Å². The van der Waals surface area contributed by atoms with Gasteiger partial charge in [-0.25, -0.2) is 0 Å². The summed E-state index contributed by atoms with van der Waals surface area (Å²) in [5.74, 6) is 0.181. The molecule has 2 aliphatic rings. The monoisotopic (exact) mass is 295 g/mol. The molecule has 2 atom stereocenters. The Morgan fingerprint density at radius 2 is 1.38 bits per heavy atom. The molecule has 0 radical (unpaired) electrons. The van der Waals surface area contributed by atoms with Crippen molar-refractivity contribution >= 4 is 11.8 Å². The molecule has 1 saturated heterocycles. The summed E-state index contributed by atoms with van der Waals surface area (Å²) in [5, 5.41) is 5.93. The fraction of sp³-hybridized carbons (Fsp3) is 0.875. The Balaban J connectivity index is 2.18. The number of hydrogen-bond donors (Lipinski definition) is 2. The second kappa shape index (κ2) is 7.78. The molecule has 1 heterocycles. The third kappa shape index (κ3) is 3.76.